The van der Waals surface area contributed by atoms with Crippen molar-refractivity contribution in [3.8, 4) is 0 Å². The molecule has 0 aliphatic heterocycles. The van der Waals surface area contributed by atoms with E-state index in [1.54, 1.807) is 0 Å². The van der Waals surface area contributed by atoms with Crippen LogP contribution in [0.25, 0.3) is 0 Å². The lowest BCUT2D eigenvalue weighted by Gasteiger charge is -2.26. The van der Waals surface area contributed by atoms with Crippen molar-refractivity contribution in [1.29, 1.82) is 0 Å². The third-order valence-corrected chi connectivity index (χ3v) is 6.52. The number of aliphatic hydroxyl groups is 1. The molecule has 2 N–H and O–H groups in total. The molecule has 4 aromatic carbocycles. The first-order valence-electron chi connectivity index (χ1n) is 13.2. The molecule has 5 nitrogen and oxygen atoms in total. The van der Waals surface area contributed by atoms with Crippen LogP contribution in [0.5, 0.6) is 0 Å². The van der Waals surface area contributed by atoms with Crippen molar-refractivity contribution in [2.75, 3.05) is 18.1 Å². The first kappa shape index (κ1) is 27.1. The molecule has 0 heterocycles. The number of hydrogen-bond acceptors (Lipinski definition) is 4. The maximum Gasteiger partial charge on any atom is 0.250 e. The second-order valence-corrected chi connectivity index (χ2v) is 9.30. The van der Waals surface area contributed by atoms with Gasteiger partial charge in [-0.15, -0.1) is 0 Å². The van der Waals surface area contributed by atoms with Gasteiger partial charge < -0.3 is 20.1 Å². The predicted octanol–water partition coefficient (Wildman–Crippen LogP) is 5.69. The Hall–Kier alpha value is -3.93. The standard InChI is InChI=1S/C33H36N2O3/c1-2-38-32(33(37)34-31(25-36)29-16-10-5-11-17-29)22-26-18-20-30(21-19-26)35(23-27-12-6-3-7-13-27)24-28-14-8-4-9-15-28/h3-21,31-32,36H,2,22-25H2,1H3,(H,34,37)/t31-,32+/m1/s1. The Kier molecular flexibility index (Phi) is 10.1. The van der Waals surface area contributed by atoms with Gasteiger partial charge in [-0.1, -0.05) is 103 Å². The molecule has 0 radical (unpaired) electrons. The molecular formula is C33H36N2O3. The molecule has 196 valence electrons. The van der Waals surface area contributed by atoms with Gasteiger partial charge in [0, 0.05) is 31.8 Å². The van der Waals surface area contributed by atoms with Gasteiger partial charge in [0.05, 0.1) is 12.6 Å². The number of benzene rings is 4. The Bertz CT molecular complexity index is 1190. The Balaban J connectivity index is 1.47. The molecule has 4 aromatic rings. The molecule has 0 bridgehead atoms. The summed E-state index contributed by atoms with van der Waals surface area (Å²) in [6, 6.07) is 38.3. The van der Waals surface area contributed by atoms with Gasteiger partial charge >= 0.3 is 0 Å². The number of amides is 1. The smallest absolute Gasteiger partial charge is 0.250 e. The number of nitrogens with zero attached hydrogens (tertiary/aromatic N) is 1. The molecule has 2 atom stereocenters. The van der Waals surface area contributed by atoms with Crippen molar-refractivity contribution in [3.05, 3.63) is 138 Å². The van der Waals surface area contributed by atoms with E-state index >= 15 is 0 Å². The maximum atomic E-state index is 13.1. The zero-order valence-corrected chi connectivity index (χ0v) is 21.9. The first-order valence-corrected chi connectivity index (χ1v) is 13.2. The van der Waals surface area contributed by atoms with E-state index in [9.17, 15) is 9.90 Å². The van der Waals surface area contributed by atoms with Crippen LogP contribution in [-0.4, -0.2) is 30.3 Å². The number of carbonyl (C=O) groups is 1. The van der Waals surface area contributed by atoms with E-state index in [4.69, 9.17) is 4.74 Å². The van der Waals surface area contributed by atoms with Crippen molar-refractivity contribution in [3.63, 3.8) is 0 Å². The van der Waals surface area contributed by atoms with E-state index < -0.39 is 12.1 Å². The van der Waals surface area contributed by atoms with Crippen LogP contribution in [0, 0.1) is 0 Å². The van der Waals surface area contributed by atoms with Gasteiger partial charge in [0.1, 0.15) is 6.10 Å². The summed E-state index contributed by atoms with van der Waals surface area (Å²) < 4.78 is 5.82. The molecule has 0 aliphatic rings. The molecule has 0 unspecified atom stereocenters. The van der Waals surface area contributed by atoms with Crippen molar-refractivity contribution < 1.29 is 14.6 Å². The number of nitrogens with one attached hydrogen (secondary N) is 1. The lowest BCUT2D eigenvalue weighted by molar-refractivity contribution is -0.133. The summed E-state index contributed by atoms with van der Waals surface area (Å²) in [6.45, 7) is 3.71. The second kappa shape index (κ2) is 14.1. The fraction of sp³-hybridized carbons (Fsp3) is 0.242. The third-order valence-electron chi connectivity index (χ3n) is 6.52. The lowest BCUT2D eigenvalue weighted by Crippen LogP contribution is -2.41. The van der Waals surface area contributed by atoms with Crippen LogP contribution in [0.3, 0.4) is 0 Å². The van der Waals surface area contributed by atoms with E-state index in [2.05, 4.69) is 83.0 Å². The fourth-order valence-corrected chi connectivity index (χ4v) is 4.52. The van der Waals surface area contributed by atoms with E-state index in [-0.39, 0.29) is 12.5 Å². The average Bonchev–Trinajstić information content (AvgIpc) is 2.97. The average molecular weight is 509 g/mol. The summed E-state index contributed by atoms with van der Waals surface area (Å²) in [5.41, 5.74) is 5.49. The van der Waals surface area contributed by atoms with E-state index in [1.165, 1.54) is 11.1 Å². The fourth-order valence-electron chi connectivity index (χ4n) is 4.52. The summed E-state index contributed by atoms with van der Waals surface area (Å²) >= 11 is 0. The van der Waals surface area contributed by atoms with E-state index in [0.717, 1.165) is 29.9 Å². The molecule has 5 heteroatoms. The molecule has 0 aliphatic carbocycles. The predicted molar refractivity (Wildman–Crippen MR) is 153 cm³/mol. The van der Waals surface area contributed by atoms with Gasteiger partial charge in [0.2, 0.25) is 5.91 Å². The molecule has 0 aromatic heterocycles. The van der Waals surface area contributed by atoms with Crippen LogP contribution in [0.4, 0.5) is 5.69 Å². The van der Waals surface area contributed by atoms with Gasteiger partial charge in [0.15, 0.2) is 0 Å². The third kappa shape index (κ3) is 7.78. The second-order valence-electron chi connectivity index (χ2n) is 9.30. The Labute approximate surface area is 225 Å². The van der Waals surface area contributed by atoms with Crippen LogP contribution >= 0.6 is 0 Å². The van der Waals surface area contributed by atoms with Gasteiger partial charge in [0.25, 0.3) is 0 Å². The van der Waals surface area contributed by atoms with Crippen molar-refractivity contribution in [2.24, 2.45) is 0 Å². The number of anilines is 1. The summed E-state index contributed by atoms with van der Waals surface area (Å²) in [6.07, 6.45) is -0.196. The summed E-state index contributed by atoms with van der Waals surface area (Å²) in [4.78, 5) is 15.5. The van der Waals surface area contributed by atoms with Crippen molar-refractivity contribution >= 4 is 11.6 Å². The number of ether oxygens (including phenoxy) is 1. The van der Waals surface area contributed by atoms with Gasteiger partial charge in [-0.05, 0) is 41.3 Å². The molecular weight excluding hydrogens is 472 g/mol. The Morgan fingerprint density at radius 2 is 1.29 bits per heavy atom. The van der Waals surface area contributed by atoms with E-state index in [0.29, 0.717) is 13.0 Å². The Morgan fingerprint density at radius 1 is 0.763 bits per heavy atom. The summed E-state index contributed by atoms with van der Waals surface area (Å²) in [7, 11) is 0. The normalized spacial score (nSPS) is 12.5. The largest absolute Gasteiger partial charge is 0.394 e. The van der Waals surface area contributed by atoms with Crippen molar-refractivity contribution in [1.82, 2.24) is 5.32 Å². The highest BCUT2D eigenvalue weighted by Crippen LogP contribution is 2.22. The van der Waals surface area contributed by atoms with Crippen molar-refractivity contribution in [2.45, 2.75) is 38.6 Å². The quantitative estimate of drug-likeness (QED) is 0.244. The maximum absolute atomic E-state index is 13.1. The van der Waals surface area contributed by atoms with E-state index in [1.807, 2.05) is 49.4 Å². The molecule has 38 heavy (non-hydrogen) atoms. The number of rotatable bonds is 13. The van der Waals surface area contributed by atoms with Gasteiger partial charge in [-0.3, -0.25) is 4.79 Å². The summed E-state index contributed by atoms with van der Waals surface area (Å²) in [5, 5.41) is 12.8. The van der Waals surface area contributed by atoms with Crippen LogP contribution in [0.1, 0.15) is 35.2 Å². The zero-order valence-electron chi connectivity index (χ0n) is 21.9. The SMILES string of the molecule is CCO[C@@H](Cc1ccc(N(Cc2ccccc2)Cc2ccccc2)cc1)C(=O)N[C@H](CO)c1ccccc1. The molecule has 1 amide bonds. The number of carbonyl (C=O) groups excluding carboxylic acids is 1. The van der Waals surface area contributed by atoms with Crippen LogP contribution in [0.15, 0.2) is 115 Å². The minimum atomic E-state index is -0.645. The number of hydrogen-bond donors (Lipinski definition) is 2. The molecule has 0 saturated heterocycles. The molecule has 0 fully saturated rings. The minimum Gasteiger partial charge on any atom is -0.394 e. The molecule has 0 saturated carbocycles. The summed E-state index contributed by atoms with van der Waals surface area (Å²) in [5.74, 6) is -0.228. The highest BCUT2D eigenvalue weighted by atomic mass is 16.5. The van der Waals surface area contributed by atoms with Crippen LogP contribution in [-0.2, 0) is 29.0 Å². The zero-order chi connectivity index (χ0) is 26.6. The lowest BCUT2D eigenvalue weighted by atomic mass is 10.0. The van der Waals surface area contributed by atoms with Gasteiger partial charge in [-0.25, -0.2) is 0 Å². The van der Waals surface area contributed by atoms with Crippen LogP contribution in [0.2, 0.25) is 0 Å². The first-order chi connectivity index (χ1) is 18.7. The molecule has 4 rings (SSSR count). The monoisotopic (exact) mass is 508 g/mol. The number of aliphatic hydroxyl groups excluding tert-OH is 1. The molecule has 0 spiro atoms. The topological polar surface area (TPSA) is 61.8 Å². The highest BCUT2D eigenvalue weighted by molar-refractivity contribution is 5.81. The Morgan fingerprint density at radius 3 is 1.79 bits per heavy atom. The van der Waals surface area contributed by atoms with Gasteiger partial charge in [-0.2, -0.15) is 0 Å². The van der Waals surface area contributed by atoms with Crippen LogP contribution < -0.4 is 10.2 Å². The highest BCUT2D eigenvalue weighted by Gasteiger charge is 2.23. The minimum absolute atomic E-state index is 0.179.